The molecule has 1 saturated heterocycles. The maximum absolute atomic E-state index is 13.5. The molecule has 2 heterocycles. The van der Waals surface area contributed by atoms with Crippen LogP contribution in [-0.4, -0.2) is 36.7 Å². The van der Waals surface area contributed by atoms with Crippen LogP contribution in [0, 0.1) is 17.6 Å². The first-order valence-corrected chi connectivity index (χ1v) is 12.6. The zero-order valence-electron chi connectivity index (χ0n) is 17.3. The fourth-order valence-corrected chi connectivity index (χ4v) is 6.43. The molecule has 1 amide bonds. The average molecular weight is 488 g/mol. The largest absolute Gasteiger partial charge is 0.302 e. The number of hydrogen-bond donors (Lipinski definition) is 1. The molecule has 3 aromatic carbocycles. The predicted molar refractivity (Wildman–Crippen MR) is 124 cm³/mol. The van der Waals surface area contributed by atoms with Gasteiger partial charge in [-0.15, -0.1) is 0 Å². The molecule has 0 unspecified atom stereocenters. The van der Waals surface area contributed by atoms with Crippen LogP contribution in [0.25, 0.3) is 21.0 Å². The zero-order valence-corrected chi connectivity index (χ0v) is 18.9. The van der Waals surface area contributed by atoms with Crippen molar-refractivity contribution in [2.45, 2.75) is 17.7 Å². The molecule has 10 heteroatoms. The van der Waals surface area contributed by atoms with Crippen molar-refractivity contribution < 1.29 is 22.0 Å². The molecule has 0 aliphatic carbocycles. The Morgan fingerprint density at radius 3 is 2.55 bits per heavy atom. The van der Waals surface area contributed by atoms with Crippen molar-refractivity contribution in [1.82, 2.24) is 9.29 Å². The van der Waals surface area contributed by atoms with E-state index >= 15 is 0 Å². The first kappa shape index (κ1) is 21.9. The number of fused-ring (bicyclic) bond motifs is 3. The monoisotopic (exact) mass is 487 g/mol. The van der Waals surface area contributed by atoms with Crippen LogP contribution in [0.15, 0.2) is 59.5 Å². The van der Waals surface area contributed by atoms with Gasteiger partial charge in [0.05, 0.1) is 15.1 Å². The van der Waals surface area contributed by atoms with Gasteiger partial charge in [0.25, 0.3) is 0 Å². The van der Waals surface area contributed by atoms with Gasteiger partial charge in [0, 0.05) is 24.4 Å². The lowest BCUT2D eigenvalue weighted by Crippen LogP contribution is -2.41. The van der Waals surface area contributed by atoms with Gasteiger partial charge < -0.3 is 5.32 Å². The van der Waals surface area contributed by atoms with E-state index in [1.807, 2.05) is 36.4 Å². The molecule has 33 heavy (non-hydrogen) atoms. The molecule has 1 aliphatic heterocycles. The van der Waals surface area contributed by atoms with Crippen LogP contribution in [-0.2, 0) is 14.8 Å². The number of rotatable bonds is 4. The Hall–Kier alpha value is -2.95. The summed E-state index contributed by atoms with van der Waals surface area (Å²) in [6, 6.07) is 14.4. The van der Waals surface area contributed by atoms with Crippen molar-refractivity contribution >= 4 is 53.4 Å². The molecule has 6 nitrogen and oxygen atoms in total. The highest BCUT2D eigenvalue weighted by Gasteiger charge is 2.32. The quantitative estimate of drug-likeness (QED) is 0.450. The van der Waals surface area contributed by atoms with Crippen molar-refractivity contribution in [3.8, 4) is 0 Å². The molecule has 1 fully saturated rings. The fraction of sp³-hybridized carbons (Fsp3) is 0.217. The third-order valence-corrected chi connectivity index (χ3v) is 8.70. The van der Waals surface area contributed by atoms with Gasteiger partial charge in [-0.1, -0.05) is 41.7 Å². The summed E-state index contributed by atoms with van der Waals surface area (Å²) in [4.78, 5) is 17.1. The molecular formula is C23H19F2N3O3S2. The Labute approximate surface area is 192 Å². The summed E-state index contributed by atoms with van der Waals surface area (Å²) in [6.45, 7) is 0.230. The Morgan fingerprint density at radius 1 is 1.03 bits per heavy atom. The summed E-state index contributed by atoms with van der Waals surface area (Å²) >= 11 is 1.39. The summed E-state index contributed by atoms with van der Waals surface area (Å²) < 4.78 is 54.3. The number of hydrogen-bond acceptors (Lipinski definition) is 5. The van der Waals surface area contributed by atoms with Crippen LogP contribution in [0.1, 0.15) is 12.8 Å². The van der Waals surface area contributed by atoms with Crippen LogP contribution in [0.2, 0.25) is 0 Å². The first-order chi connectivity index (χ1) is 15.8. The van der Waals surface area contributed by atoms with E-state index in [4.69, 9.17) is 0 Å². The summed E-state index contributed by atoms with van der Waals surface area (Å²) in [5, 5.41) is 5.47. The minimum atomic E-state index is -3.96. The Bertz CT molecular complexity index is 1480. The molecule has 0 bridgehead atoms. The minimum Gasteiger partial charge on any atom is -0.302 e. The molecular weight excluding hydrogens is 468 g/mol. The number of carbonyl (C=O) groups excluding carboxylic acids is 1. The van der Waals surface area contributed by atoms with E-state index in [0.717, 1.165) is 33.1 Å². The van der Waals surface area contributed by atoms with Gasteiger partial charge in [-0.25, -0.2) is 22.2 Å². The van der Waals surface area contributed by atoms with Gasteiger partial charge in [-0.2, -0.15) is 4.31 Å². The summed E-state index contributed by atoms with van der Waals surface area (Å²) in [7, 11) is -3.96. The smallest absolute Gasteiger partial charge is 0.243 e. The molecule has 1 aliphatic rings. The highest BCUT2D eigenvalue weighted by atomic mass is 32.2. The summed E-state index contributed by atoms with van der Waals surface area (Å²) in [6.07, 6.45) is 0.644. The molecule has 0 atom stereocenters. The molecule has 4 aromatic rings. The SMILES string of the molecule is O=C(Nc1nc2c(ccc3ccccc32)s1)C1CCN(S(=O)(=O)c2ccc(F)c(F)c2)CC1. The number of halogens is 2. The van der Waals surface area contributed by atoms with Crippen LogP contribution < -0.4 is 5.32 Å². The Morgan fingerprint density at radius 2 is 1.79 bits per heavy atom. The third-order valence-electron chi connectivity index (χ3n) is 5.87. The zero-order chi connectivity index (χ0) is 23.2. The van der Waals surface area contributed by atoms with E-state index < -0.39 is 21.7 Å². The standard InChI is InChI=1S/C23H19F2N3O3S2/c24-18-7-6-16(13-19(18)25)33(30,31)28-11-9-15(10-12-28)22(29)27-23-26-21-17-4-2-1-3-14(17)5-8-20(21)32-23/h1-8,13,15H,9-12H2,(H,26,27,29). The Kier molecular flexibility index (Phi) is 5.59. The van der Waals surface area contributed by atoms with E-state index in [0.29, 0.717) is 24.0 Å². The van der Waals surface area contributed by atoms with Gasteiger partial charge in [-0.05, 0) is 42.5 Å². The number of piperidine rings is 1. The number of nitrogens with zero attached hydrogens (tertiary/aromatic N) is 2. The van der Waals surface area contributed by atoms with Gasteiger partial charge in [-0.3, -0.25) is 4.79 Å². The number of thiazole rings is 1. The van der Waals surface area contributed by atoms with Gasteiger partial charge >= 0.3 is 0 Å². The number of sulfonamides is 1. The lowest BCUT2D eigenvalue weighted by atomic mass is 9.97. The highest BCUT2D eigenvalue weighted by molar-refractivity contribution is 7.89. The fourth-order valence-electron chi connectivity index (χ4n) is 4.07. The normalized spacial score (nSPS) is 15.8. The third kappa shape index (κ3) is 4.09. The van der Waals surface area contributed by atoms with Gasteiger partial charge in [0.15, 0.2) is 16.8 Å². The van der Waals surface area contributed by atoms with Crippen LogP contribution in [0.4, 0.5) is 13.9 Å². The summed E-state index contributed by atoms with van der Waals surface area (Å²) in [5.41, 5.74) is 0.834. The second-order valence-electron chi connectivity index (χ2n) is 7.90. The lowest BCUT2D eigenvalue weighted by molar-refractivity contribution is -0.120. The average Bonchev–Trinajstić information content (AvgIpc) is 3.24. The number of carbonyl (C=O) groups is 1. The summed E-state index contributed by atoms with van der Waals surface area (Å²) in [5.74, 6) is -2.89. The maximum atomic E-state index is 13.5. The number of benzene rings is 3. The van der Waals surface area contributed by atoms with Crippen molar-refractivity contribution in [2.24, 2.45) is 5.92 Å². The topological polar surface area (TPSA) is 79.4 Å². The van der Waals surface area contributed by atoms with E-state index in [2.05, 4.69) is 10.3 Å². The molecule has 0 saturated carbocycles. The second kappa shape index (κ2) is 8.44. The van der Waals surface area contributed by atoms with Gasteiger partial charge in [0.2, 0.25) is 15.9 Å². The predicted octanol–water partition coefficient (Wildman–Crippen LogP) is 4.77. The van der Waals surface area contributed by atoms with E-state index in [1.54, 1.807) is 0 Å². The number of nitrogens with one attached hydrogen (secondary N) is 1. The van der Waals surface area contributed by atoms with Gasteiger partial charge in [0.1, 0.15) is 0 Å². The van der Waals surface area contributed by atoms with Crippen molar-refractivity contribution in [3.63, 3.8) is 0 Å². The van der Waals surface area contributed by atoms with Crippen molar-refractivity contribution in [2.75, 3.05) is 18.4 Å². The Balaban J connectivity index is 1.27. The molecule has 170 valence electrons. The first-order valence-electron chi connectivity index (χ1n) is 10.4. The van der Waals surface area contributed by atoms with Crippen molar-refractivity contribution in [3.05, 3.63) is 66.2 Å². The molecule has 1 aromatic heterocycles. The molecule has 1 N–H and O–H groups in total. The lowest BCUT2D eigenvalue weighted by Gasteiger charge is -2.30. The number of aromatic nitrogens is 1. The number of amides is 1. The molecule has 0 spiro atoms. The van der Waals surface area contributed by atoms with E-state index in [9.17, 15) is 22.0 Å². The number of anilines is 1. The van der Waals surface area contributed by atoms with E-state index in [1.165, 1.54) is 15.6 Å². The second-order valence-corrected chi connectivity index (χ2v) is 10.9. The van der Waals surface area contributed by atoms with Crippen LogP contribution in [0.3, 0.4) is 0 Å². The molecule has 5 rings (SSSR count). The van der Waals surface area contributed by atoms with Crippen LogP contribution in [0.5, 0.6) is 0 Å². The minimum absolute atomic E-state index is 0.115. The highest BCUT2D eigenvalue weighted by Crippen LogP contribution is 2.32. The molecule has 0 radical (unpaired) electrons. The maximum Gasteiger partial charge on any atom is 0.243 e. The van der Waals surface area contributed by atoms with E-state index in [-0.39, 0.29) is 29.8 Å². The van der Waals surface area contributed by atoms with Crippen molar-refractivity contribution in [1.29, 1.82) is 0 Å². The van der Waals surface area contributed by atoms with Crippen LogP contribution >= 0.6 is 11.3 Å².